The number of methoxy groups -OCH3 is 1. The van der Waals surface area contributed by atoms with Crippen molar-refractivity contribution < 1.29 is 17.9 Å². The maximum absolute atomic E-state index is 12.5. The van der Waals surface area contributed by atoms with Gasteiger partial charge in [-0.3, -0.25) is 10.1 Å². The van der Waals surface area contributed by atoms with Crippen LogP contribution in [0.15, 0.2) is 24.3 Å². The SMILES string of the molecule is COc1ccccc1C(=O)Nc1nc2c(s1)CN(S(=O)(=O)C1CC1)CC2. The van der Waals surface area contributed by atoms with Gasteiger partial charge in [0.15, 0.2) is 5.13 Å². The fourth-order valence-corrected chi connectivity index (χ4v) is 5.92. The Morgan fingerprint density at radius 2 is 2.12 bits per heavy atom. The number of hydrogen-bond donors (Lipinski definition) is 1. The highest BCUT2D eigenvalue weighted by Crippen LogP contribution is 2.35. The number of aromatic nitrogens is 1. The van der Waals surface area contributed by atoms with Crippen LogP contribution in [-0.2, 0) is 23.0 Å². The largest absolute Gasteiger partial charge is 0.496 e. The van der Waals surface area contributed by atoms with Gasteiger partial charge in [-0.15, -0.1) is 11.3 Å². The molecule has 4 rings (SSSR count). The number of carbonyl (C=O) groups is 1. The highest BCUT2D eigenvalue weighted by atomic mass is 32.2. The Bertz CT molecular complexity index is 951. The fourth-order valence-electron chi connectivity index (χ4n) is 3.02. The van der Waals surface area contributed by atoms with E-state index in [9.17, 15) is 13.2 Å². The van der Waals surface area contributed by atoms with E-state index in [2.05, 4.69) is 10.3 Å². The molecule has 2 aliphatic rings. The third kappa shape index (κ3) is 3.22. The first-order valence-electron chi connectivity index (χ1n) is 8.41. The molecular weight excluding hydrogens is 374 g/mol. The van der Waals surface area contributed by atoms with Gasteiger partial charge in [0.1, 0.15) is 5.75 Å². The molecule has 1 aromatic heterocycles. The molecule has 1 aliphatic carbocycles. The number of amides is 1. The van der Waals surface area contributed by atoms with Gasteiger partial charge >= 0.3 is 0 Å². The van der Waals surface area contributed by atoms with Crippen molar-refractivity contribution in [2.75, 3.05) is 19.0 Å². The summed E-state index contributed by atoms with van der Waals surface area (Å²) in [5, 5.41) is 3.08. The summed E-state index contributed by atoms with van der Waals surface area (Å²) in [6, 6.07) is 6.98. The van der Waals surface area contributed by atoms with Crippen LogP contribution in [0, 0.1) is 0 Å². The summed E-state index contributed by atoms with van der Waals surface area (Å²) in [6.45, 7) is 0.797. The highest BCUT2D eigenvalue weighted by molar-refractivity contribution is 7.90. The molecule has 1 amide bonds. The van der Waals surface area contributed by atoms with E-state index in [1.54, 1.807) is 28.6 Å². The number of nitrogens with one attached hydrogen (secondary N) is 1. The Balaban J connectivity index is 1.51. The van der Waals surface area contributed by atoms with Crippen molar-refractivity contribution in [3.05, 3.63) is 40.4 Å². The van der Waals surface area contributed by atoms with Crippen LogP contribution in [0.2, 0.25) is 0 Å². The summed E-state index contributed by atoms with van der Waals surface area (Å²) in [4.78, 5) is 17.9. The number of hydrogen-bond acceptors (Lipinski definition) is 6. The van der Waals surface area contributed by atoms with Crippen LogP contribution >= 0.6 is 11.3 Å². The van der Waals surface area contributed by atoms with Crippen molar-refractivity contribution in [1.29, 1.82) is 0 Å². The third-order valence-electron chi connectivity index (χ3n) is 4.57. The first-order chi connectivity index (χ1) is 12.5. The molecule has 1 fully saturated rings. The zero-order valence-electron chi connectivity index (χ0n) is 14.3. The van der Waals surface area contributed by atoms with Crippen LogP contribution in [-0.4, -0.2) is 42.5 Å². The average molecular weight is 393 g/mol. The highest BCUT2D eigenvalue weighted by Gasteiger charge is 2.41. The van der Waals surface area contributed by atoms with Crippen LogP contribution in [0.25, 0.3) is 0 Å². The average Bonchev–Trinajstić information content (AvgIpc) is 3.42. The molecule has 2 heterocycles. The second-order valence-corrected chi connectivity index (χ2v) is 9.67. The standard InChI is InChI=1S/C17H19N3O4S2/c1-24-14-5-3-2-4-12(14)16(21)19-17-18-13-8-9-20(10-15(13)25-17)26(22,23)11-6-7-11/h2-5,11H,6-10H2,1H3,(H,18,19,21). The molecule has 1 N–H and O–H groups in total. The summed E-state index contributed by atoms with van der Waals surface area (Å²) in [5.74, 6) is 0.198. The van der Waals surface area contributed by atoms with Crippen molar-refractivity contribution in [2.45, 2.75) is 31.1 Å². The number of rotatable bonds is 5. The number of ether oxygens (including phenoxy) is 1. The summed E-state index contributed by atoms with van der Waals surface area (Å²) in [6.07, 6.45) is 2.09. The van der Waals surface area contributed by atoms with Gasteiger partial charge in [0, 0.05) is 24.4 Å². The number of sulfonamides is 1. The van der Waals surface area contributed by atoms with Crippen LogP contribution in [0.3, 0.4) is 0 Å². The van der Waals surface area contributed by atoms with E-state index < -0.39 is 10.0 Å². The normalized spacial score (nSPS) is 17.6. The first-order valence-corrected chi connectivity index (χ1v) is 10.7. The van der Waals surface area contributed by atoms with Crippen LogP contribution < -0.4 is 10.1 Å². The second-order valence-electron chi connectivity index (χ2n) is 6.37. The van der Waals surface area contributed by atoms with E-state index in [-0.39, 0.29) is 11.2 Å². The van der Waals surface area contributed by atoms with Crippen molar-refractivity contribution >= 4 is 32.4 Å². The van der Waals surface area contributed by atoms with Gasteiger partial charge < -0.3 is 4.74 Å². The zero-order chi connectivity index (χ0) is 18.3. The molecule has 1 saturated carbocycles. The molecule has 9 heteroatoms. The maximum Gasteiger partial charge on any atom is 0.261 e. The topological polar surface area (TPSA) is 88.6 Å². The van der Waals surface area contributed by atoms with Crippen molar-refractivity contribution in [1.82, 2.24) is 9.29 Å². The monoisotopic (exact) mass is 393 g/mol. The van der Waals surface area contributed by atoms with Crippen molar-refractivity contribution in [3.63, 3.8) is 0 Å². The summed E-state index contributed by atoms with van der Waals surface area (Å²) < 4.78 is 31.6. The molecule has 1 aliphatic heterocycles. The predicted octanol–water partition coefficient (Wildman–Crippen LogP) is 2.25. The van der Waals surface area contributed by atoms with E-state index in [1.807, 2.05) is 0 Å². The Hall–Kier alpha value is -1.97. The van der Waals surface area contributed by atoms with Gasteiger partial charge in [0.05, 0.1) is 23.6 Å². The number of benzene rings is 1. The molecule has 7 nitrogen and oxygen atoms in total. The second kappa shape index (κ2) is 6.64. The van der Waals surface area contributed by atoms with Gasteiger partial charge in [0.2, 0.25) is 10.0 Å². The number of fused-ring (bicyclic) bond motifs is 1. The van der Waals surface area contributed by atoms with Crippen LogP contribution in [0.5, 0.6) is 5.75 Å². The van der Waals surface area contributed by atoms with Gasteiger partial charge in [-0.1, -0.05) is 12.1 Å². The van der Waals surface area contributed by atoms with Crippen LogP contribution in [0.1, 0.15) is 33.8 Å². The molecule has 138 valence electrons. The minimum atomic E-state index is -3.19. The molecule has 0 saturated heterocycles. The van der Waals surface area contributed by atoms with Crippen LogP contribution in [0.4, 0.5) is 5.13 Å². The van der Waals surface area contributed by atoms with Gasteiger partial charge in [0.25, 0.3) is 5.91 Å². The van der Waals surface area contributed by atoms with E-state index in [0.29, 0.717) is 36.0 Å². The zero-order valence-corrected chi connectivity index (χ0v) is 15.9. The summed E-state index contributed by atoms with van der Waals surface area (Å²) >= 11 is 1.33. The summed E-state index contributed by atoms with van der Waals surface area (Å²) in [7, 11) is -1.67. The van der Waals surface area contributed by atoms with Gasteiger partial charge in [-0.2, -0.15) is 4.31 Å². The number of para-hydroxylation sites is 1. The lowest BCUT2D eigenvalue weighted by molar-refractivity contribution is 0.102. The molecule has 0 atom stereocenters. The Morgan fingerprint density at radius 1 is 1.35 bits per heavy atom. The number of anilines is 1. The van der Waals surface area contributed by atoms with Crippen molar-refractivity contribution in [3.8, 4) is 5.75 Å². The third-order valence-corrected chi connectivity index (χ3v) is 7.92. The molecule has 1 aromatic carbocycles. The van der Waals surface area contributed by atoms with Gasteiger partial charge in [-0.25, -0.2) is 13.4 Å². The number of thiazole rings is 1. The lowest BCUT2D eigenvalue weighted by atomic mass is 10.2. The molecular formula is C17H19N3O4S2. The minimum absolute atomic E-state index is 0.207. The fraction of sp³-hybridized carbons (Fsp3) is 0.412. The van der Waals surface area contributed by atoms with E-state index >= 15 is 0 Å². The Kier molecular flexibility index (Phi) is 4.45. The number of carbonyl (C=O) groups excluding carboxylic acids is 1. The molecule has 26 heavy (non-hydrogen) atoms. The first kappa shape index (κ1) is 17.4. The van der Waals surface area contributed by atoms with E-state index in [0.717, 1.165) is 23.4 Å². The number of nitrogens with zero attached hydrogens (tertiary/aromatic N) is 2. The minimum Gasteiger partial charge on any atom is -0.496 e. The molecule has 2 aromatic rings. The van der Waals surface area contributed by atoms with Gasteiger partial charge in [-0.05, 0) is 25.0 Å². The van der Waals surface area contributed by atoms with E-state index in [4.69, 9.17) is 4.74 Å². The van der Waals surface area contributed by atoms with Crippen molar-refractivity contribution in [2.24, 2.45) is 0 Å². The lowest BCUT2D eigenvalue weighted by Gasteiger charge is -2.25. The lowest BCUT2D eigenvalue weighted by Crippen LogP contribution is -2.37. The Labute approximate surface area is 156 Å². The summed E-state index contributed by atoms with van der Waals surface area (Å²) in [5.41, 5.74) is 1.30. The quantitative estimate of drug-likeness (QED) is 0.842. The molecule has 0 radical (unpaired) electrons. The predicted molar refractivity (Wildman–Crippen MR) is 99.1 cm³/mol. The maximum atomic E-state index is 12.5. The molecule has 0 spiro atoms. The Morgan fingerprint density at radius 3 is 2.85 bits per heavy atom. The molecule has 0 unspecified atom stereocenters. The van der Waals surface area contributed by atoms with E-state index in [1.165, 1.54) is 18.4 Å². The molecule has 0 bridgehead atoms. The smallest absolute Gasteiger partial charge is 0.261 e.